The minimum atomic E-state index is -4.40. The van der Waals surface area contributed by atoms with Crippen LogP contribution < -0.4 is 5.32 Å². The number of carbonyl (C=O) groups is 2. The van der Waals surface area contributed by atoms with Gasteiger partial charge in [-0.1, -0.05) is 38.1 Å². The van der Waals surface area contributed by atoms with E-state index in [9.17, 15) is 22.8 Å². The van der Waals surface area contributed by atoms with Gasteiger partial charge in [-0.2, -0.15) is 13.2 Å². The summed E-state index contributed by atoms with van der Waals surface area (Å²) in [6, 6.07) is 11.0. The predicted octanol–water partition coefficient (Wildman–Crippen LogP) is 4.91. The van der Waals surface area contributed by atoms with Gasteiger partial charge in [0.05, 0.1) is 30.9 Å². The van der Waals surface area contributed by atoms with Crippen LogP contribution in [-0.4, -0.2) is 25.1 Å². The van der Waals surface area contributed by atoms with Gasteiger partial charge in [-0.3, -0.25) is 4.79 Å². The number of ether oxygens (including phenoxy) is 2. The number of amides is 1. The van der Waals surface area contributed by atoms with E-state index in [1.807, 2.05) is 13.8 Å². The van der Waals surface area contributed by atoms with E-state index < -0.39 is 23.8 Å². The molecule has 0 heterocycles. The Labute approximate surface area is 179 Å². The van der Waals surface area contributed by atoms with Gasteiger partial charge in [0.2, 0.25) is 5.91 Å². The summed E-state index contributed by atoms with van der Waals surface area (Å²) in [5.41, 5.74) is 1.01. The maximum absolute atomic E-state index is 12.7. The molecule has 5 nitrogen and oxygen atoms in total. The Morgan fingerprint density at radius 2 is 1.55 bits per heavy atom. The molecule has 8 heteroatoms. The first-order valence-electron chi connectivity index (χ1n) is 9.79. The largest absolute Gasteiger partial charge is 0.465 e. The van der Waals surface area contributed by atoms with Crippen molar-refractivity contribution in [3.8, 4) is 0 Å². The van der Waals surface area contributed by atoms with Crippen molar-refractivity contribution in [2.24, 2.45) is 5.92 Å². The van der Waals surface area contributed by atoms with Crippen LogP contribution in [0.15, 0.2) is 48.5 Å². The van der Waals surface area contributed by atoms with Crippen LogP contribution in [0.25, 0.3) is 0 Å². The highest BCUT2D eigenvalue weighted by Gasteiger charge is 2.30. The van der Waals surface area contributed by atoms with Crippen LogP contribution in [0.1, 0.15) is 53.9 Å². The summed E-state index contributed by atoms with van der Waals surface area (Å²) in [6.45, 7) is 5.47. The molecule has 0 radical (unpaired) electrons. The molecule has 31 heavy (non-hydrogen) atoms. The summed E-state index contributed by atoms with van der Waals surface area (Å²) in [7, 11) is 1.30. The second kappa shape index (κ2) is 10.4. The van der Waals surface area contributed by atoms with Crippen LogP contribution >= 0.6 is 0 Å². The number of alkyl halides is 3. The highest BCUT2D eigenvalue weighted by Crippen LogP contribution is 2.29. The quantitative estimate of drug-likeness (QED) is 0.596. The van der Waals surface area contributed by atoms with Crippen molar-refractivity contribution >= 4 is 11.9 Å². The number of carbonyl (C=O) groups excluding carboxylic acids is 2. The zero-order chi connectivity index (χ0) is 23.2. The van der Waals surface area contributed by atoms with Crippen LogP contribution in [-0.2, 0) is 27.1 Å². The molecule has 0 aromatic heterocycles. The maximum atomic E-state index is 12.7. The first-order valence-corrected chi connectivity index (χ1v) is 9.79. The van der Waals surface area contributed by atoms with Gasteiger partial charge in [0.25, 0.3) is 0 Å². The molecule has 0 unspecified atom stereocenters. The predicted molar refractivity (Wildman–Crippen MR) is 109 cm³/mol. The third-order valence-electron chi connectivity index (χ3n) is 4.77. The number of esters is 1. The molecule has 0 aliphatic heterocycles. The van der Waals surface area contributed by atoms with E-state index in [-0.39, 0.29) is 24.5 Å². The first kappa shape index (κ1) is 24.4. The van der Waals surface area contributed by atoms with Gasteiger partial charge >= 0.3 is 12.1 Å². The van der Waals surface area contributed by atoms with Crippen LogP contribution in [0.3, 0.4) is 0 Å². The molecule has 2 rings (SSSR count). The lowest BCUT2D eigenvalue weighted by Crippen LogP contribution is -2.40. The third-order valence-corrected chi connectivity index (χ3v) is 4.77. The maximum Gasteiger partial charge on any atom is 0.416 e. The average molecular weight is 437 g/mol. The molecule has 0 bridgehead atoms. The Balaban J connectivity index is 1.99. The molecule has 1 N–H and O–H groups in total. The van der Waals surface area contributed by atoms with E-state index in [0.29, 0.717) is 11.1 Å². The molecule has 0 aliphatic carbocycles. The van der Waals surface area contributed by atoms with Crippen molar-refractivity contribution in [2.75, 3.05) is 7.11 Å². The zero-order valence-corrected chi connectivity index (χ0v) is 17.8. The fraction of sp³-hybridized carbons (Fsp3) is 0.391. The second-order valence-electron chi connectivity index (χ2n) is 7.51. The normalized spacial score (nSPS) is 13.5. The van der Waals surface area contributed by atoms with Gasteiger partial charge in [0.15, 0.2) is 0 Å². The number of nitrogens with one attached hydrogen (secondary N) is 1. The van der Waals surface area contributed by atoms with E-state index in [4.69, 9.17) is 4.74 Å². The summed E-state index contributed by atoms with van der Waals surface area (Å²) in [5.74, 6) is -0.922. The smallest absolute Gasteiger partial charge is 0.416 e. The van der Waals surface area contributed by atoms with Crippen LogP contribution in [0.4, 0.5) is 13.2 Å². The molecular weight excluding hydrogens is 411 g/mol. The Bertz CT molecular complexity index is 877. The van der Waals surface area contributed by atoms with Crippen molar-refractivity contribution in [3.05, 3.63) is 70.8 Å². The van der Waals surface area contributed by atoms with Crippen LogP contribution in [0.2, 0.25) is 0 Å². The first-order chi connectivity index (χ1) is 14.5. The Hall–Kier alpha value is -2.87. The molecule has 1 amide bonds. The minimum absolute atomic E-state index is 0.0105. The molecule has 0 saturated carbocycles. The highest BCUT2D eigenvalue weighted by molar-refractivity contribution is 5.89. The van der Waals surface area contributed by atoms with Crippen molar-refractivity contribution in [1.82, 2.24) is 5.32 Å². The summed E-state index contributed by atoms with van der Waals surface area (Å²) in [4.78, 5) is 24.3. The average Bonchev–Trinajstić information content (AvgIpc) is 2.72. The lowest BCUT2D eigenvalue weighted by molar-refractivity contribution is -0.137. The third kappa shape index (κ3) is 6.82. The lowest BCUT2D eigenvalue weighted by Gasteiger charge is -2.24. The Kier molecular flexibility index (Phi) is 8.21. The van der Waals surface area contributed by atoms with Gasteiger partial charge in [0.1, 0.15) is 6.10 Å². The van der Waals surface area contributed by atoms with Crippen LogP contribution in [0.5, 0.6) is 0 Å². The summed E-state index contributed by atoms with van der Waals surface area (Å²) in [5, 5.41) is 2.88. The molecule has 2 atom stereocenters. The number of halogens is 3. The number of hydrogen-bond donors (Lipinski definition) is 1. The highest BCUT2D eigenvalue weighted by atomic mass is 19.4. The molecule has 168 valence electrons. The molecule has 2 aromatic carbocycles. The van der Waals surface area contributed by atoms with Gasteiger partial charge in [-0.15, -0.1) is 0 Å². The van der Waals surface area contributed by atoms with Crippen molar-refractivity contribution in [1.29, 1.82) is 0 Å². The van der Waals surface area contributed by atoms with Crippen molar-refractivity contribution in [3.63, 3.8) is 0 Å². The Morgan fingerprint density at radius 1 is 0.968 bits per heavy atom. The number of benzene rings is 2. The van der Waals surface area contributed by atoms with Gasteiger partial charge < -0.3 is 14.8 Å². The standard InChI is InChI=1S/C23H26F3NO4/c1-14(2)20(31-13-16-5-11-19(12-6-16)23(24,25)26)21(28)27-15(3)17-7-9-18(10-8-17)22(29)30-4/h5-12,14-15,20H,13H2,1-4H3,(H,27,28)/t15-,20+/m0/s1. The fourth-order valence-electron chi connectivity index (χ4n) is 2.95. The molecule has 0 spiro atoms. The number of rotatable bonds is 8. The lowest BCUT2D eigenvalue weighted by atomic mass is 10.0. The van der Waals surface area contributed by atoms with Gasteiger partial charge in [0, 0.05) is 0 Å². The van der Waals surface area contributed by atoms with E-state index in [1.54, 1.807) is 31.2 Å². The van der Waals surface area contributed by atoms with Crippen molar-refractivity contribution in [2.45, 2.75) is 45.7 Å². The van der Waals surface area contributed by atoms with Crippen molar-refractivity contribution < 1.29 is 32.2 Å². The number of methoxy groups -OCH3 is 1. The number of hydrogen-bond acceptors (Lipinski definition) is 4. The van der Waals surface area contributed by atoms with Gasteiger partial charge in [-0.05, 0) is 48.2 Å². The monoisotopic (exact) mass is 437 g/mol. The zero-order valence-electron chi connectivity index (χ0n) is 17.8. The molecular formula is C23H26F3NO4. The van der Waals surface area contributed by atoms with E-state index >= 15 is 0 Å². The minimum Gasteiger partial charge on any atom is -0.465 e. The molecule has 0 saturated heterocycles. The van der Waals surface area contributed by atoms with Gasteiger partial charge in [-0.25, -0.2) is 4.79 Å². The van der Waals surface area contributed by atoms with E-state index in [1.165, 1.54) is 19.2 Å². The SMILES string of the molecule is COC(=O)c1ccc([C@H](C)NC(=O)[C@H](OCc2ccc(C(F)(F)F)cc2)C(C)C)cc1. The molecule has 0 fully saturated rings. The topological polar surface area (TPSA) is 64.6 Å². The fourth-order valence-corrected chi connectivity index (χ4v) is 2.95. The summed E-state index contributed by atoms with van der Waals surface area (Å²) >= 11 is 0. The summed E-state index contributed by atoms with van der Waals surface area (Å²) in [6.07, 6.45) is -5.18. The molecule has 0 aliphatic rings. The Morgan fingerprint density at radius 3 is 2.03 bits per heavy atom. The summed E-state index contributed by atoms with van der Waals surface area (Å²) < 4.78 is 48.4. The molecule has 2 aromatic rings. The second-order valence-corrected chi connectivity index (χ2v) is 7.51. The van der Waals surface area contributed by atoms with E-state index in [0.717, 1.165) is 17.7 Å². The van der Waals surface area contributed by atoms with E-state index in [2.05, 4.69) is 10.1 Å². The van der Waals surface area contributed by atoms with Crippen LogP contribution in [0, 0.1) is 5.92 Å².